The van der Waals surface area contributed by atoms with Gasteiger partial charge in [-0.1, -0.05) is 50.1 Å². The molecule has 1 fully saturated rings. The standard InChI is InChI=1S/C15H19N/c1-15-10-6-5-9-14(15)16-13(11-15)12-7-3-2-4-8-12/h2-4,7-8,14H,5-6,9-11H2,1H3/t14-,15+/m0/s1. The van der Waals surface area contributed by atoms with Crippen LogP contribution < -0.4 is 0 Å². The van der Waals surface area contributed by atoms with Crippen LogP contribution in [0.4, 0.5) is 0 Å². The Bertz CT molecular complexity index is 407. The van der Waals surface area contributed by atoms with Gasteiger partial charge in [-0.2, -0.15) is 0 Å². The third-order valence-electron chi connectivity index (χ3n) is 4.27. The highest BCUT2D eigenvalue weighted by molar-refractivity contribution is 6.02. The van der Waals surface area contributed by atoms with Crippen LogP contribution in [0.2, 0.25) is 0 Å². The van der Waals surface area contributed by atoms with Crippen LogP contribution in [-0.4, -0.2) is 11.8 Å². The van der Waals surface area contributed by atoms with E-state index in [9.17, 15) is 0 Å². The first kappa shape index (κ1) is 10.1. The van der Waals surface area contributed by atoms with Gasteiger partial charge in [0, 0.05) is 5.71 Å². The Morgan fingerprint density at radius 2 is 2.00 bits per heavy atom. The molecular weight excluding hydrogens is 194 g/mol. The average Bonchev–Trinajstić information content (AvgIpc) is 2.67. The summed E-state index contributed by atoms with van der Waals surface area (Å²) in [7, 11) is 0. The van der Waals surface area contributed by atoms with Crippen molar-refractivity contribution in [2.24, 2.45) is 10.4 Å². The molecule has 0 aromatic heterocycles. The molecule has 0 bridgehead atoms. The lowest BCUT2D eigenvalue weighted by Crippen LogP contribution is -2.30. The predicted octanol–water partition coefficient (Wildman–Crippen LogP) is 3.83. The van der Waals surface area contributed by atoms with Crippen LogP contribution in [-0.2, 0) is 0 Å². The molecule has 3 rings (SSSR count). The van der Waals surface area contributed by atoms with E-state index in [0.717, 1.165) is 0 Å². The summed E-state index contributed by atoms with van der Waals surface area (Å²) in [5, 5.41) is 0. The van der Waals surface area contributed by atoms with E-state index in [1.54, 1.807) is 0 Å². The van der Waals surface area contributed by atoms with Crippen molar-refractivity contribution >= 4 is 5.71 Å². The van der Waals surface area contributed by atoms with Crippen molar-refractivity contribution in [3.8, 4) is 0 Å². The van der Waals surface area contributed by atoms with Gasteiger partial charge in [0.2, 0.25) is 0 Å². The fraction of sp³-hybridized carbons (Fsp3) is 0.533. The number of hydrogen-bond acceptors (Lipinski definition) is 1. The highest BCUT2D eigenvalue weighted by Gasteiger charge is 2.41. The van der Waals surface area contributed by atoms with E-state index in [4.69, 9.17) is 4.99 Å². The molecular formula is C15H19N. The molecule has 0 spiro atoms. The molecule has 2 aliphatic rings. The van der Waals surface area contributed by atoms with Gasteiger partial charge in [0.15, 0.2) is 0 Å². The number of aliphatic imine (C=N–C) groups is 1. The molecule has 0 unspecified atom stereocenters. The van der Waals surface area contributed by atoms with Gasteiger partial charge in [0.05, 0.1) is 6.04 Å². The zero-order valence-electron chi connectivity index (χ0n) is 9.95. The van der Waals surface area contributed by atoms with Crippen LogP contribution in [0.25, 0.3) is 0 Å². The van der Waals surface area contributed by atoms with Crippen molar-refractivity contribution < 1.29 is 0 Å². The van der Waals surface area contributed by atoms with Crippen molar-refractivity contribution in [2.45, 2.75) is 45.1 Å². The first-order valence-electron chi connectivity index (χ1n) is 6.40. The van der Waals surface area contributed by atoms with Gasteiger partial charge in [-0.3, -0.25) is 4.99 Å². The van der Waals surface area contributed by atoms with Crippen LogP contribution in [0.1, 0.15) is 44.6 Å². The molecule has 1 aromatic carbocycles. The average molecular weight is 213 g/mol. The van der Waals surface area contributed by atoms with Gasteiger partial charge >= 0.3 is 0 Å². The third-order valence-corrected chi connectivity index (χ3v) is 4.27. The summed E-state index contributed by atoms with van der Waals surface area (Å²) in [6.07, 6.45) is 6.60. The topological polar surface area (TPSA) is 12.4 Å². The fourth-order valence-electron chi connectivity index (χ4n) is 3.23. The molecule has 0 saturated heterocycles. The Morgan fingerprint density at radius 3 is 2.75 bits per heavy atom. The van der Waals surface area contributed by atoms with Gasteiger partial charge in [0.1, 0.15) is 0 Å². The molecule has 1 saturated carbocycles. The molecule has 1 aliphatic carbocycles. The van der Waals surface area contributed by atoms with Gasteiger partial charge in [-0.05, 0) is 30.2 Å². The summed E-state index contributed by atoms with van der Waals surface area (Å²) < 4.78 is 0. The zero-order chi connectivity index (χ0) is 11.0. The lowest BCUT2D eigenvalue weighted by molar-refractivity contribution is 0.205. The number of fused-ring (bicyclic) bond motifs is 1. The Hall–Kier alpha value is -1.11. The number of nitrogens with zero attached hydrogens (tertiary/aromatic N) is 1. The molecule has 1 heteroatoms. The molecule has 16 heavy (non-hydrogen) atoms. The van der Waals surface area contributed by atoms with Crippen LogP contribution >= 0.6 is 0 Å². The summed E-state index contributed by atoms with van der Waals surface area (Å²) in [5.41, 5.74) is 3.14. The summed E-state index contributed by atoms with van der Waals surface area (Å²) in [6.45, 7) is 2.43. The Balaban J connectivity index is 1.90. The third kappa shape index (κ3) is 1.59. The van der Waals surface area contributed by atoms with E-state index in [1.165, 1.54) is 43.4 Å². The maximum atomic E-state index is 4.97. The zero-order valence-corrected chi connectivity index (χ0v) is 9.95. The lowest BCUT2D eigenvalue weighted by atomic mass is 9.71. The number of hydrogen-bond donors (Lipinski definition) is 0. The van der Waals surface area contributed by atoms with E-state index in [0.29, 0.717) is 11.5 Å². The minimum absolute atomic E-state index is 0.462. The van der Waals surface area contributed by atoms with Crippen molar-refractivity contribution in [2.75, 3.05) is 0 Å². The minimum Gasteiger partial charge on any atom is -0.285 e. The molecule has 1 aromatic rings. The largest absolute Gasteiger partial charge is 0.285 e. The first-order chi connectivity index (χ1) is 7.78. The minimum atomic E-state index is 0.462. The van der Waals surface area contributed by atoms with Crippen LogP contribution in [0.3, 0.4) is 0 Å². The van der Waals surface area contributed by atoms with E-state index < -0.39 is 0 Å². The van der Waals surface area contributed by atoms with Gasteiger partial charge in [-0.25, -0.2) is 0 Å². The van der Waals surface area contributed by atoms with Crippen LogP contribution in [0.5, 0.6) is 0 Å². The quantitative estimate of drug-likeness (QED) is 0.672. The smallest absolute Gasteiger partial charge is 0.0560 e. The fourth-order valence-corrected chi connectivity index (χ4v) is 3.23. The van der Waals surface area contributed by atoms with Crippen LogP contribution in [0.15, 0.2) is 35.3 Å². The Labute approximate surface area is 97.6 Å². The summed E-state index contributed by atoms with van der Waals surface area (Å²) in [6, 6.07) is 11.3. The molecule has 84 valence electrons. The maximum Gasteiger partial charge on any atom is 0.0560 e. The number of benzene rings is 1. The molecule has 2 atom stereocenters. The second kappa shape index (κ2) is 3.73. The first-order valence-corrected chi connectivity index (χ1v) is 6.40. The molecule has 0 N–H and O–H groups in total. The molecule has 1 heterocycles. The SMILES string of the molecule is C[C@]12CCCC[C@@H]1N=C(c1ccccc1)C2. The van der Waals surface area contributed by atoms with E-state index in [-0.39, 0.29) is 0 Å². The molecule has 1 aliphatic heterocycles. The normalized spacial score (nSPS) is 33.3. The van der Waals surface area contributed by atoms with E-state index >= 15 is 0 Å². The van der Waals surface area contributed by atoms with Crippen LogP contribution in [0, 0.1) is 5.41 Å². The summed E-state index contributed by atoms with van der Waals surface area (Å²) >= 11 is 0. The lowest BCUT2D eigenvalue weighted by Gasteiger charge is -2.34. The van der Waals surface area contributed by atoms with Gasteiger partial charge < -0.3 is 0 Å². The van der Waals surface area contributed by atoms with E-state index in [1.807, 2.05) is 0 Å². The van der Waals surface area contributed by atoms with Crippen molar-refractivity contribution in [1.82, 2.24) is 0 Å². The van der Waals surface area contributed by atoms with Gasteiger partial charge in [-0.15, -0.1) is 0 Å². The van der Waals surface area contributed by atoms with Crippen molar-refractivity contribution in [1.29, 1.82) is 0 Å². The maximum absolute atomic E-state index is 4.97. The molecule has 0 radical (unpaired) electrons. The van der Waals surface area contributed by atoms with Crippen molar-refractivity contribution in [3.63, 3.8) is 0 Å². The van der Waals surface area contributed by atoms with Crippen molar-refractivity contribution in [3.05, 3.63) is 35.9 Å². The highest BCUT2D eigenvalue weighted by Crippen LogP contribution is 2.45. The predicted molar refractivity (Wildman–Crippen MR) is 68.0 cm³/mol. The molecule has 1 nitrogen and oxygen atoms in total. The monoisotopic (exact) mass is 213 g/mol. The summed E-state index contributed by atoms with van der Waals surface area (Å²) in [4.78, 5) is 4.97. The molecule has 0 amide bonds. The Morgan fingerprint density at radius 1 is 1.19 bits per heavy atom. The van der Waals surface area contributed by atoms with Gasteiger partial charge in [0.25, 0.3) is 0 Å². The summed E-state index contributed by atoms with van der Waals surface area (Å²) in [5.74, 6) is 0. The number of rotatable bonds is 1. The highest BCUT2D eigenvalue weighted by atomic mass is 14.9. The second-order valence-electron chi connectivity index (χ2n) is 5.53. The van der Waals surface area contributed by atoms with E-state index in [2.05, 4.69) is 37.3 Å². The second-order valence-corrected chi connectivity index (χ2v) is 5.53. The Kier molecular flexibility index (Phi) is 2.34.